The number of carbonyl (C=O) groups is 2. The molecule has 0 atom stereocenters. The highest BCUT2D eigenvalue weighted by atomic mass is 16.2. The standard InChI is InChI=1S/C20H12N4O3/c21-10-11-5-7-12(8-6-11)13-3-1-2-4-15(13)24-16(25)9-14-17(18(24)22)20(27)23-19(14)26/h1-9H,22H2,(H,23,26,27). The highest BCUT2D eigenvalue weighted by Crippen LogP contribution is 2.30. The first kappa shape index (κ1) is 16.3. The summed E-state index contributed by atoms with van der Waals surface area (Å²) in [6.07, 6.45) is 0. The molecule has 27 heavy (non-hydrogen) atoms. The maximum atomic E-state index is 12.7. The van der Waals surface area contributed by atoms with Crippen LogP contribution in [0.4, 0.5) is 5.82 Å². The van der Waals surface area contributed by atoms with Crippen molar-refractivity contribution in [3.8, 4) is 22.9 Å². The quantitative estimate of drug-likeness (QED) is 0.679. The summed E-state index contributed by atoms with van der Waals surface area (Å²) in [5.41, 5.74) is 8.04. The maximum Gasteiger partial charge on any atom is 0.262 e. The molecule has 0 bridgehead atoms. The van der Waals surface area contributed by atoms with Crippen molar-refractivity contribution < 1.29 is 9.59 Å². The molecular formula is C20H12N4O3. The number of amides is 2. The Morgan fingerprint density at radius 1 is 0.926 bits per heavy atom. The molecule has 0 fully saturated rings. The van der Waals surface area contributed by atoms with Crippen molar-refractivity contribution in [3.05, 3.63) is 81.6 Å². The lowest BCUT2D eigenvalue weighted by Gasteiger charge is -2.16. The summed E-state index contributed by atoms with van der Waals surface area (Å²) in [4.78, 5) is 36.6. The van der Waals surface area contributed by atoms with Crippen LogP contribution in [0.5, 0.6) is 0 Å². The van der Waals surface area contributed by atoms with E-state index < -0.39 is 17.4 Å². The summed E-state index contributed by atoms with van der Waals surface area (Å²) in [5.74, 6) is -1.36. The molecule has 7 heteroatoms. The molecule has 1 aliphatic heterocycles. The van der Waals surface area contributed by atoms with E-state index in [0.717, 1.165) is 11.6 Å². The van der Waals surface area contributed by atoms with Gasteiger partial charge in [-0.2, -0.15) is 5.26 Å². The second-order valence-corrected chi connectivity index (χ2v) is 5.98. The van der Waals surface area contributed by atoms with Gasteiger partial charge in [0.1, 0.15) is 5.82 Å². The number of para-hydroxylation sites is 1. The van der Waals surface area contributed by atoms with Crippen LogP contribution >= 0.6 is 0 Å². The Kier molecular flexibility index (Phi) is 3.60. The van der Waals surface area contributed by atoms with Gasteiger partial charge in [-0.05, 0) is 23.8 Å². The molecule has 0 saturated carbocycles. The molecule has 130 valence electrons. The molecule has 2 amide bonds. The predicted octanol–water partition coefficient (Wildman–Crippen LogP) is 1.84. The average Bonchev–Trinajstić information content (AvgIpc) is 2.96. The highest BCUT2D eigenvalue weighted by molar-refractivity contribution is 6.23. The van der Waals surface area contributed by atoms with E-state index in [4.69, 9.17) is 11.0 Å². The Morgan fingerprint density at radius 2 is 1.63 bits per heavy atom. The molecule has 0 spiro atoms. The minimum absolute atomic E-state index is 0.00534. The fourth-order valence-electron chi connectivity index (χ4n) is 3.16. The van der Waals surface area contributed by atoms with E-state index >= 15 is 0 Å². The van der Waals surface area contributed by atoms with Crippen LogP contribution in [-0.2, 0) is 0 Å². The summed E-state index contributed by atoms with van der Waals surface area (Å²) in [5, 5.41) is 11.1. The molecule has 1 aliphatic rings. The molecule has 3 N–H and O–H groups in total. The van der Waals surface area contributed by atoms with E-state index in [-0.39, 0.29) is 16.9 Å². The minimum Gasteiger partial charge on any atom is -0.384 e. The molecule has 2 aromatic carbocycles. The second-order valence-electron chi connectivity index (χ2n) is 5.98. The Hall–Kier alpha value is -4.18. The van der Waals surface area contributed by atoms with Crippen molar-refractivity contribution in [2.75, 3.05) is 5.73 Å². The fourth-order valence-corrected chi connectivity index (χ4v) is 3.16. The number of aromatic nitrogens is 1. The maximum absolute atomic E-state index is 12.7. The molecule has 0 saturated heterocycles. The highest BCUT2D eigenvalue weighted by Gasteiger charge is 2.32. The van der Waals surface area contributed by atoms with E-state index in [0.29, 0.717) is 16.8 Å². The normalized spacial score (nSPS) is 12.4. The molecule has 4 rings (SSSR count). The SMILES string of the molecule is N#Cc1ccc(-c2ccccc2-n2c(N)c3c(cc2=O)C(=O)NC3=O)cc1. The lowest BCUT2D eigenvalue weighted by molar-refractivity contribution is 0.0880. The summed E-state index contributed by atoms with van der Waals surface area (Å²) in [7, 11) is 0. The number of nitrogens with two attached hydrogens (primary N) is 1. The summed E-state index contributed by atoms with van der Waals surface area (Å²) >= 11 is 0. The van der Waals surface area contributed by atoms with E-state index in [1.54, 1.807) is 42.5 Å². The number of rotatable bonds is 2. The molecule has 3 aromatic rings. The average molecular weight is 356 g/mol. The predicted molar refractivity (Wildman–Crippen MR) is 98.4 cm³/mol. The number of benzene rings is 2. The number of imide groups is 1. The van der Waals surface area contributed by atoms with Gasteiger partial charge in [0.05, 0.1) is 28.4 Å². The summed E-state index contributed by atoms with van der Waals surface area (Å²) in [6, 6.07) is 17.1. The lowest BCUT2D eigenvalue weighted by Crippen LogP contribution is -2.24. The van der Waals surface area contributed by atoms with Gasteiger partial charge >= 0.3 is 0 Å². The number of carbonyl (C=O) groups excluding carboxylic acids is 2. The van der Waals surface area contributed by atoms with Gasteiger partial charge in [0.15, 0.2) is 0 Å². The van der Waals surface area contributed by atoms with Gasteiger partial charge < -0.3 is 5.73 Å². The number of anilines is 1. The van der Waals surface area contributed by atoms with Gasteiger partial charge in [-0.3, -0.25) is 24.3 Å². The first-order valence-electron chi connectivity index (χ1n) is 8.02. The zero-order chi connectivity index (χ0) is 19.1. The third-order valence-electron chi connectivity index (χ3n) is 4.42. The second kappa shape index (κ2) is 5.97. The van der Waals surface area contributed by atoms with Crippen LogP contribution in [0.15, 0.2) is 59.4 Å². The Bertz CT molecular complexity index is 1220. The Morgan fingerprint density at radius 3 is 2.33 bits per heavy atom. The smallest absolute Gasteiger partial charge is 0.262 e. The van der Waals surface area contributed by atoms with E-state index in [2.05, 4.69) is 11.4 Å². The number of fused-ring (bicyclic) bond motifs is 1. The molecular weight excluding hydrogens is 344 g/mol. The van der Waals surface area contributed by atoms with Crippen molar-refractivity contribution in [3.63, 3.8) is 0 Å². The van der Waals surface area contributed by atoms with Crippen molar-refractivity contribution >= 4 is 17.6 Å². The van der Waals surface area contributed by atoms with Crippen LogP contribution in [0.2, 0.25) is 0 Å². The number of hydrogen-bond donors (Lipinski definition) is 2. The van der Waals surface area contributed by atoms with Crippen LogP contribution in [0.3, 0.4) is 0 Å². The van der Waals surface area contributed by atoms with Crippen molar-refractivity contribution in [1.29, 1.82) is 5.26 Å². The van der Waals surface area contributed by atoms with Crippen LogP contribution in [0.25, 0.3) is 16.8 Å². The molecule has 0 unspecified atom stereocenters. The minimum atomic E-state index is -0.633. The van der Waals surface area contributed by atoms with Gasteiger partial charge in [0.25, 0.3) is 17.4 Å². The van der Waals surface area contributed by atoms with E-state index in [9.17, 15) is 14.4 Å². The monoisotopic (exact) mass is 356 g/mol. The largest absolute Gasteiger partial charge is 0.384 e. The third-order valence-corrected chi connectivity index (χ3v) is 4.42. The number of nitrogens with zero attached hydrogens (tertiary/aromatic N) is 2. The van der Waals surface area contributed by atoms with Crippen LogP contribution in [0.1, 0.15) is 26.3 Å². The topological polar surface area (TPSA) is 118 Å². The Labute approximate surface area is 153 Å². The van der Waals surface area contributed by atoms with Gasteiger partial charge in [0, 0.05) is 11.6 Å². The molecule has 1 aromatic heterocycles. The third kappa shape index (κ3) is 2.48. The van der Waals surface area contributed by atoms with E-state index in [1.165, 1.54) is 4.57 Å². The number of pyridine rings is 1. The first-order chi connectivity index (χ1) is 13.0. The zero-order valence-electron chi connectivity index (χ0n) is 13.9. The number of hydrogen-bond acceptors (Lipinski definition) is 5. The van der Waals surface area contributed by atoms with Crippen LogP contribution in [0, 0.1) is 11.3 Å². The van der Waals surface area contributed by atoms with Gasteiger partial charge in [-0.15, -0.1) is 0 Å². The van der Waals surface area contributed by atoms with Gasteiger partial charge in [-0.1, -0.05) is 30.3 Å². The zero-order valence-corrected chi connectivity index (χ0v) is 13.9. The summed E-state index contributed by atoms with van der Waals surface area (Å²) in [6.45, 7) is 0. The van der Waals surface area contributed by atoms with E-state index in [1.807, 2.05) is 6.07 Å². The van der Waals surface area contributed by atoms with Crippen molar-refractivity contribution in [1.82, 2.24) is 9.88 Å². The number of nitrogen functional groups attached to an aromatic ring is 1. The molecule has 0 aliphatic carbocycles. The van der Waals surface area contributed by atoms with Crippen molar-refractivity contribution in [2.45, 2.75) is 0 Å². The Balaban J connectivity index is 1.98. The molecule has 2 heterocycles. The number of nitriles is 1. The van der Waals surface area contributed by atoms with Crippen LogP contribution in [-0.4, -0.2) is 16.4 Å². The lowest BCUT2D eigenvalue weighted by atomic mass is 10.0. The summed E-state index contributed by atoms with van der Waals surface area (Å²) < 4.78 is 1.21. The molecule has 7 nitrogen and oxygen atoms in total. The fraction of sp³-hybridized carbons (Fsp3) is 0. The van der Waals surface area contributed by atoms with Crippen molar-refractivity contribution in [2.24, 2.45) is 0 Å². The molecule has 0 radical (unpaired) electrons. The first-order valence-corrected chi connectivity index (χ1v) is 8.02. The number of nitrogens with one attached hydrogen (secondary N) is 1. The van der Waals surface area contributed by atoms with Crippen LogP contribution < -0.4 is 16.6 Å². The van der Waals surface area contributed by atoms with Gasteiger partial charge in [-0.25, -0.2) is 0 Å². The van der Waals surface area contributed by atoms with Gasteiger partial charge in [0.2, 0.25) is 0 Å².